The summed E-state index contributed by atoms with van der Waals surface area (Å²) < 4.78 is 2.53. The van der Waals surface area contributed by atoms with Crippen molar-refractivity contribution in [3.05, 3.63) is 30.3 Å². The third kappa shape index (κ3) is 1.69. The summed E-state index contributed by atoms with van der Waals surface area (Å²) in [5, 5.41) is 0. The van der Waals surface area contributed by atoms with Gasteiger partial charge in [0, 0.05) is 18.0 Å². The van der Waals surface area contributed by atoms with Gasteiger partial charge in [-0.3, -0.25) is 0 Å². The zero-order chi connectivity index (χ0) is 9.43. The van der Waals surface area contributed by atoms with Gasteiger partial charge in [0.15, 0.2) is 0 Å². The van der Waals surface area contributed by atoms with Crippen LogP contribution < -0.4 is 0 Å². The van der Waals surface area contributed by atoms with Crippen LogP contribution in [0.1, 0.15) is 19.3 Å². The van der Waals surface area contributed by atoms with Crippen molar-refractivity contribution in [1.82, 2.24) is 4.31 Å². The quantitative estimate of drug-likeness (QED) is 0.682. The molecule has 1 aromatic carbocycles. The van der Waals surface area contributed by atoms with Gasteiger partial charge in [-0.15, -0.1) is 0 Å². The Labute approximate surface area is 89.6 Å². The van der Waals surface area contributed by atoms with E-state index in [1.165, 1.54) is 37.2 Å². The van der Waals surface area contributed by atoms with Crippen LogP contribution in [0.3, 0.4) is 0 Å². The summed E-state index contributed by atoms with van der Waals surface area (Å²) >= 11 is 1.93. The summed E-state index contributed by atoms with van der Waals surface area (Å²) in [6, 6.07) is 10.7. The summed E-state index contributed by atoms with van der Waals surface area (Å²) in [5.74, 6) is 0. The van der Waals surface area contributed by atoms with Crippen LogP contribution in [0.25, 0.3) is 0 Å². The molecule has 0 bridgehead atoms. The number of nitrogens with zero attached hydrogens (tertiary/aromatic N) is 1. The minimum absolute atomic E-state index is 0.752. The maximum absolute atomic E-state index is 2.53. The Morgan fingerprint density at radius 2 is 1.86 bits per heavy atom. The molecule has 0 unspecified atom stereocenters. The first-order chi connectivity index (χ1) is 6.86. The lowest BCUT2D eigenvalue weighted by molar-refractivity contribution is 0.511. The molecule has 0 atom stereocenters. The van der Waals surface area contributed by atoms with Gasteiger partial charge in [-0.05, 0) is 48.8 Å². The second-order valence-corrected chi connectivity index (χ2v) is 5.69. The molecule has 1 heterocycles. The lowest BCUT2D eigenvalue weighted by Crippen LogP contribution is -2.11. The average Bonchev–Trinajstić information content (AvgIpc) is 2.84. The van der Waals surface area contributed by atoms with Crippen molar-refractivity contribution >= 4 is 11.9 Å². The van der Waals surface area contributed by atoms with Gasteiger partial charge in [-0.25, -0.2) is 4.31 Å². The summed E-state index contributed by atoms with van der Waals surface area (Å²) in [6.07, 6.45) is 4.37. The summed E-state index contributed by atoms with van der Waals surface area (Å²) in [4.78, 5) is 1.38. The van der Waals surface area contributed by atoms with Crippen molar-refractivity contribution in [3.8, 4) is 0 Å². The Balaban J connectivity index is 1.63. The molecule has 1 saturated heterocycles. The van der Waals surface area contributed by atoms with Crippen LogP contribution in [0, 0.1) is 5.41 Å². The third-order valence-electron chi connectivity index (χ3n) is 3.34. The third-order valence-corrected chi connectivity index (χ3v) is 4.39. The van der Waals surface area contributed by atoms with Crippen LogP contribution >= 0.6 is 11.9 Å². The van der Waals surface area contributed by atoms with Crippen molar-refractivity contribution in [2.45, 2.75) is 24.2 Å². The molecule has 1 aliphatic heterocycles. The van der Waals surface area contributed by atoms with Gasteiger partial charge in [0.2, 0.25) is 0 Å². The van der Waals surface area contributed by atoms with Crippen molar-refractivity contribution in [1.29, 1.82) is 0 Å². The summed E-state index contributed by atoms with van der Waals surface area (Å²) in [5.41, 5.74) is 0.752. The minimum atomic E-state index is 0.752. The molecule has 2 heteroatoms. The average molecular weight is 205 g/mol. The number of hydrogen-bond donors (Lipinski definition) is 0. The molecular formula is C12H15NS. The standard InChI is InChI=1S/C12H15NS/c1-2-4-11(5-3-1)14-13-9-8-12(10-13)6-7-12/h1-5H,6-10H2. The number of benzene rings is 1. The Morgan fingerprint density at radius 1 is 1.07 bits per heavy atom. The van der Waals surface area contributed by atoms with E-state index in [1.807, 2.05) is 11.9 Å². The van der Waals surface area contributed by atoms with E-state index in [0.29, 0.717) is 0 Å². The maximum atomic E-state index is 2.53. The van der Waals surface area contributed by atoms with E-state index in [2.05, 4.69) is 34.6 Å². The van der Waals surface area contributed by atoms with Crippen molar-refractivity contribution in [3.63, 3.8) is 0 Å². The summed E-state index contributed by atoms with van der Waals surface area (Å²) in [7, 11) is 0. The molecule has 1 saturated carbocycles. The lowest BCUT2D eigenvalue weighted by Gasteiger charge is -2.13. The van der Waals surface area contributed by atoms with Gasteiger partial charge in [0.25, 0.3) is 0 Å². The zero-order valence-electron chi connectivity index (χ0n) is 8.28. The molecule has 1 aromatic rings. The van der Waals surface area contributed by atoms with E-state index in [-0.39, 0.29) is 0 Å². The van der Waals surface area contributed by atoms with Crippen LogP contribution in [0.4, 0.5) is 0 Å². The van der Waals surface area contributed by atoms with E-state index < -0.39 is 0 Å². The molecule has 1 spiro atoms. The fraction of sp³-hybridized carbons (Fsp3) is 0.500. The van der Waals surface area contributed by atoms with Crippen molar-refractivity contribution in [2.75, 3.05) is 13.1 Å². The predicted molar refractivity (Wildman–Crippen MR) is 60.2 cm³/mol. The van der Waals surface area contributed by atoms with E-state index >= 15 is 0 Å². The Hall–Kier alpha value is -0.470. The predicted octanol–water partition coefficient (Wildman–Crippen LogP) is 3.18. The fourth-order valence-corrected chi connectivity index (χ4v) is 3.29. The molecule has 0 N–H and O–H groups in total. The first kappa shape index (κ1) is 8.81. The molecule has 2 fully saturated rings. The Bertz CT molecular complexity index is 318. The number of hydrogen-bond acceptors (Lipinski definition) is 2. The van der Waals surface area contributed by atoms with Gasteiger partial charge in [-0.1, -0.05) is 18.2 Å². The van der Waals surface area contributed by atoms with Crippen LogP contribution in [-0.4, -0.2) is 17.4 Å². The molecule has 0 radical (unpaired) electrons. The van der Waals surface area contributed by atoms with E-state index in [4.69, 9.17) is 0 Å². The minimum Gasteiger partial charge on any atom is -0.246 e. The van der Waals surface area contributed by atoms with Gasteiger partial charge >= 0.3 is 0 Å². The Kier molecular flexibility index (Phi) is 2.06. The smallest absolute Gasteiger partial charge is 0.0230 e. The highest BCUT2D eigenvalue weighted by molar-refractivity contribution is 7.97. The zero-order valence-corrected chi connectivity index (χ0v) is 9.09. The fourth-order valence-electron chi connectivity index (χ4n) is 2.19. The molecule has 3 rings (SSSR count). The molecule has 0 aromatic heterocycles. The SMILES string of the molecule is c1ccc(SN2CCC3(CC3)C2)cc1. The molecule has 14 heavy (non-hydrogen) atoms. The molecule has 1 nitrogen and oxygen atoms in total. The highest BCUT2D eigenvalue weighted by Crippen LogP contribution is 2.54. The van der Waals surface area contributed by atoms with Crippen LogP contribution in [0.2, 0.25) is 0 Å². The first-order valence-corrected chi connectivity index (χ1v) is 6.12. The Morgan fingerprint density at radius 3 is 2.50 bits per heavy atom. The van der Waals surface area contributed by atoms with Gasteiger partial charge in [0.1, 0.15) is 0 Å². The second-order valence-electron chi connectivity index (χ2n) is 4.52. The van der Waals surface area contributed by atoms with E-state index in [0.717, 1.165) is 5.41 Å². The largest absolute Gasteiger partial charge is 0.246 e. The van der Waals surface area contributed by atoms with Gasteiger partial charge in [0.05, 0.1) is 0 Å². The number of rotatable bonds is 2. The second kappa shape index (κ2) is 3.28. The van der Waals surface area contributed by atoms with Crippen LogP contribution in [0.15, 0.2) is 35.2 Å². The topological polar surface area (TPSA) is 3.24 Å². The normalized spacial score (nSPS) is 24.3. The van der Waals surface area contributed by atoms with E-state index in [9.17, 15) is 0 Å². The highest BCUT2D eigenvalue weighted by atomic mass is 32.2. The molecule has 2 aliphatic rings. The monoisotopic (exact) mass is 205 g/mol. The molecular weight excluding hydrogens is 190 g/mol. The van der Waals surface area contributed by atoms with E-state index in [1.54, 1.807) is 0 Å². The first-order valence-electron chi connectivity index (χ1n) is 5.34. The van der Waals surface area contributed by atoms with Gasteiger partial charge < -0.3 is 0 Å². The maximum Gasteiger partial charge on any atom is 0.0230 e. The summed E-state index contributed by atoms with van der Waals surface area (Å²) in [6.45, 7) is 2.59. The highest BCUT2D eigenvalue weighted by Gasteiger charge is 2.47. The molecule has 0 amide bonds. The van der Waals surface area contributed by atoms with Crippen LogP contribution in [-0.2, 0) is 0 Å². The molecule has 74 valence electrons. The lowest BCUT2D eigenvalue weighted by atomic mass is 10.1. The van der Waals surface area contributed by atoms with Crippen LogP contribution in [0.5, 0.6) is 0 Å². The molecule has 1 aliphatic carbocycles. The van der Waals surface area contributed by atoms with Crippen molar-refractivity contribution < 1.29 is 0 Å². The van der Waals surface area contributed by atoms with Crippen molar-refractivity contribution in [2.24, 2.45) is 5.41 Å². The van der Waals surface area contributed by atoms with Gasteiger partial charge in [-0.2, -0.15) is 0 Å².